The van der Waals surface area contributed by atoms with Gasteiger partial charge in [0, 0.05) is 31.9 Å². The summed E-state index contributed by atoms with van der Waals surface area (Å²) in [5.74, 6) is -1.49. The maximum atomic E-state index is 13.2. The monoisotopic (exact) mass is 495 g/mol. The van der Waals surface area contributed by atoms with E-state index >= 15 is 0 Å². The van der Waals surface area contributed by atoms with E-state index in [0.29, 0.717) is 31.6 Å². The van der Waals surface area contributed by atoms with E-state index in [-0.39, 0.29) is 28.8 Å². The number of carbonyl (C=O) groups excluding carboxylic acids is 1. The minimum absolute atomic E-state index is 0.00267. The second kappa shape index (κ2) is 9.49. The Hall–Kier alpha value is -2.34. The standard InChI is InChI=1S/C22H26FN3O5S2/c23-18-8-10-20(11-9-18)32(28,29)26-14-4-5-17(16-26)22(27)24-19-6-3-7-21(15-19)33(30,31)25-12-1-2-13-25/h3,6-11,15,17H,1-2,4-5,12-14,16H2,(H,24,27). The zero-order chi connectivity index (χ0) is 23.6. The van der Waals surface area contributed by atoms with E-state index in [1.807, 2.05) is 0 Å². The predicted octanol–water partition coefficient (Wildman–Crippen LogP) is 2.65. The second-order valence-electron chi connectivity index (χ2n) is 8.28. The molecule has 0 aromatic heterocycles. The minimum Gasteiger partial charge on any atom is -0.326 e. The Morgan fingerprint density at radius 2 is 1.48 bits per heavy atom. The van der Waals surface area contributed by atoms with Crippen LogP contribution in [0.1, 0.15) is 25.7 Å². The fourth-order valence-electron chi connectivity index (χ4n) is 4.19. The van der Waals surface area contributed by atoms with Crippen molar-refractivity contribution >= 4 is 31.6 Å². The second-order valence-corrected chi connectivity index (χ2v) is 12.2. The summed E-state index contributed by atoms with van der Waals surface area (Å²) in [6, 6.07) is 10.7. The van der Waals surface area contributed by atoms with Crippen LogP contribution in [0.5, 0.6) is 0 Å². The van der Waals surface area contributed by atoms with Crippen molar-refractivity contribution in [1.82, 2.24) is 8.61 Å². The zero-order valence-electron chi connectivity index (χ0n) is 18.0. The Balaban J connectivity index is 1.46. The molecule has 11 heteroatoms. The highest BCUT2D eigenvalue weighted by atomic mass is 32.2. The highest BCUT2D eigenvalue weighted by Crippen LogP contribution is 2.26. The lowest BCUT2D eigenvalue weighted by molar-refractivity contribution is -0.120. The van der Waals surface area contributed by atoms with Gasteiger partial charge in [-0.15, -0.1) is 0 Å². The van der Waals surface area contributed by atoms with Gasteiger partial charge in [0.1, 0.15) is 5.82 Å². The number of sulfonamides is 2. The van der Waals surface area contributed by atoms with Gasteiger partial charge in [-0.1, -0.05) is 6.07 Å². The first kappa shape index (κ1) is 23.8. The number of nitrogens with zero attached hydrogens (tertiary/aromatic N) is 2. The summed E-state index contributed by atoms with van der Waals surface area (Å²) in [5, 5.41) is 2.74. The fraction of sp³-hybridized carbons (Fsp3) is 0.409. The lowest BCUT2D eigenvalue weighted by Crippen LogP contribution is -2.43. The van der Waals surface area contributed by atoms with Gasteiger partial charge in [-0.3, -0.25) is 4.79 Å². The Morgan fingerprint density at radius 1 is 0.848 bits per heavy atom. The van der Waals surface area contributed by atoms with Gasteiger partial charge < -0.3 is 5.32 Å². The molecule has 2 saturated heterocycles. The molecule has 2 aromatic carbocycles. The van der Waals surface area contributed by atoms with Crippen molar-refractivity contribution in [2.24, 2.45) is 5.92 Å². The molecule has 0 bridgehead atoms. The van der Waals surface area contributed by atoms with E-state index in [1.54, 1.807) is 12.1 Å². The molecule has 0 spiro atoms. The summed E-state index contributed by atoms with van der Waals surface area (Å²) in [7, 11) is -7.47. The van der Waals surface area contributed by atoms with Gasteiger partial charge in [0.25, 0.3) is 0 Å². The molecule has 2 aliphatic heterocycles. The van der Waals surface area contributed by atoms with Crippen LogP contribution in [-0.4, -0.2) is 57.5 Å². The number of carbonyl (C=O) groups is 1. The van der Waals surface area contributed by atoms with Gasteiger partial charge >= 0.3 is 0 Å². The first-order valence-corrected chi connectivity index (χ1v) is 13.7. The quantitative estimate of drug-likeness (QED) is 0.664. The SMILES string of the molecule is O=C(Nc1cccc(S(=O)(=O)N2CCCC2)c1)C1CCCN(S(=O)(=O)c2ccc(F)cc2)C1. The summed E-state index contributed by atoms with van der Waals surface area (Å²) in [4.78, 5) is 13.0. The minimum atomic E-state index is -3.85. The third kappa shape index (κ3) is 5.11. The molecule has 2 heterocycles. The van der Waals surface area contributed by atoms with Crippen LogP contribution in [0.25, 0.3) is 0 Å². The Kier molecular flexibility index (Phi) is 6.85. The van der Waals surface area contributed by atoms with E-state index in [0.717, 1.165) is 25.0 Å². The molecule has 4 rings (SSSR count). The maximum absolute atomic E-state index is 13.2. The molecule has 1 atom stereocenters. The third-order valence-corrected chi connectivity index (χ3v) is 9.78. The molecule has 0 saturated carbocycles. The molecule has 8 nitrogen and oxygen atoms in total. The molecule has 178 valence electrons. The molecule has 1 amide bonds. The number of amides is 1. The number of anilines is 1. The number of hydrogen-bond donors (Lipinski definition) is 1. The van der Waals surface area contributed by atoms with Crippen molar-refractivity contribution in [2.45, 2.75) is 35.5 Å². The molecule has 33 heavy (non-hydrogen) atoms. The summed E-state index contributed by atoms with van der Waals surface area (Å²) in [5.41, 5.74) is 0.346. The van der Waals surface area contributed by atoms with Crippen LogP contribution in [0, 0.1) is 11.7 Å². The average Bonchev–Trinajstić information content (AvgIpc) is 3.36. The van der Waals surface area contributed by atoms with Crippen LogP contribution in [-0.2, 0) is 24.8 Å². The summed E-state index contributed by atoms with van der Waals surface area (Å²) >= 11 is 0. The van der Waals surface area contributed by atoms with Gasteiger partial charge in [0.05, 0.1) is 15.7 Å². The van der Waals surface area contributed by atoms with E-state index in [2.05, 4.69) is 5.32 Å². The molecule has 1 unspecified atom stereocenters. The zero-order valence-corrected chi connectivity index (χ0v) is 19.6. The molecule has 0 radical (unpaired) electrons. The maximum Gasteiger partial charge on any atom is 0.243 e. The van der Waals surface area contributed by atoms with Crippen LogP contribution in [0.2, 0.25) is 0 Å². The molecule has 1 N–H and O–H groups in total. The van der Waals surface area contributed by atoms with Gasteiger partial charge in [0.2, 0.25) is 26.0 Å². The summed E-state index contributed by atoms with van der Waals surface area (Å²) < 4.78 is 67.3. The van der Waals surface area contributed by atoms with E-state index in [9.17, 15) is 26.0 Å². The largest absolute Gasteiger partial charge is 0.326 e. The lowest BCUT2D eigenvalue weighted by atomic mass is 9.99. The van der Waals surface area contributed by atoms with Crippen LogP contribution >= 0.6 is 0 Å². The third-order valence-electron chi connectivity index (χ3n) is 6.01. The van der Waals surface area contributed by atoms with Crippen molar-refractivity contribution in [3.63, 3.8) is 0 Å². The highest BCUT2D eigenvalue weighted by Gasteiger charge is 2.33. The number of rotatable bonds is 6. The van der Waals surface area contributed by atoms with Crippen molar-refractivity contribution in [3.05, 3.63) is 54.3 Å². The van der Waals surface area contributed by atoms with Gasteiger partial charge in [-0.2, -0.15) is 8.61 Å². The summed E-state index contributed by atoms with van der Waals surface area (Å²) in [6.07, 6.45) is 2.66. The van der Waals surface area contributed by atoms with E-state index in [4.69, 9.17) is 0 Å². The number of nitrogens with one attached hydrogen (secondary N) is 1. The van der Waals surface area contributed by atoms with E-state index < -0.39 is 31.8 Å². The Labute approximate surface area is 193 Å². The normalized spacial score (nSPS) is 20.6. The molecule has 2 fully saturated rings. The first-order chi connectivity index (χ1) is 15.7. The molecular formula is C22H26FN3O5S2. The van der Waals surface area contributed by atoms with Crippen molar-refractivity contribution in [2.75, 3.05) is 31.5 Å². The van der Waals surface area contributed by atoms with Crippen molar-refractivity contribution < 1.29 is 26.0 Å². The molecular weight excluding hydrogens is 469 g/mol. The number of benzene rings is 2. The van der Waals surface area contributed by atoms with Crippen LogP contribution in [0.4, 0.5) is 10.1 Å². The van der Waals surface area contributed by atoms with Crippen molar-refractivity contribution in [1.29, 1.82) is 0 Å². The van der Waals surface area contributed by atoms with Gasteiger partial charge in [-0.05, 0) is 68.1 Å². The highest BCUT2D eigenvalue weighted by molar-refractivity contribution is 7.89. The molecule has 2 aliphatic rings. The smallest absolute Gasteiger partial charge is 0.243 e. The van der Waals surface area contributed by atoms with Crippen LogP contribution < -0.4 is 5.32 Å². The number of halogens is 1. The Bertz CT molecular complexity index is 1230. The Morgan fingerprint density at radius 3 is 2.18 bits per heavy atom. The average molecular weight is 496 g/mol. The number of piperidine rings is 1. The van der Waals surface area contributed by atoms with Gasteiger partial charge in [0.15, 0.2) is 0 Å². The lowest BCUT2D eigenvalue weighted by Gasteiger charge is -2.31. The van der Waals surface area contributed by atoms with Crippen LogP contribution in [0.3, 0.4) is 0 Å². The fourth-order valence-corrected chi connectivity index (χ4v) is 7.27. The number of hydrogen-bond acceptors (Lipinski definition) is 5. The topological polar surface area (TPSA) is 104 Å². The first-order valence-electron chi connectivity index (χ1n) is 10.8. The predicted molar refractivity (Wildman–Crippen MR) is 121 cm³/mol. The summed E-state index contributed by atoms with van der Waals surface area (Å²) in [6.45, 7) is 1.24. The van der Waals surface area contributed by atoms with Crippen LogP contribution in [0.15, 0.2) is 58.3 Å². The van der Waals surface area contributed by atoms with E-state index in [1.165, 1.54) is 32.9 Å². The van der Waals surface area contributed by atoms with Crippen molar-refractivity contribution in [3.8, 4) is 0 Å². The van der Waals surface area contributed by atoms with Gasteiger partial charge in [-0.25, -0.2) is 21.2 Å². The molecule has 2 aromatic rings. The molecule has 0 aliphatic carbocycles.